The quantitative estimate of drug-likeness (QED) is 0.460. The lowest BCUT2D eigenvalue weighted by atomic mass is 9.92. The van der Waals surface area contributed by atoms with E-state index in [0.717, 1.165) is 12.8 Å². The van der Waals surface area contributed by atoms with E-state index >= 15 is 4.39 Å². The van der Waals surface area contributed by atoms with E-state index in [1.807, 2.05) is 0 Å². The van der Waals surface area contributed by atoms with Crippen LogP contribution in [-0.2, 0) is 14.3 Å². The van der Waals surface area contributed by atoms with E-state index in [1.54, 1.807) is 45.9 Å². The molecular weight excluding hydrogens is 449 g/mol. The third-order valence-electron chi connectivity index (χ3n) is 5.17. The number of benzene rings is 2. The van der Waals surface area contributed by atoms with E-state index in [2.05, 4.69) is 5.32 Å². The summed E-state index contributed by atoms with van der Waals surface area (Å²) in [7, 11) is 0. The van der Waals surface area contributed by atoms with Crippen molar-refractivity contribution in [2.24, 2.45) is 0 Å². The second-order valence-electron chi connectivity index (χ2n) is 9.08. The van der Waals surface area contributed by atoms with Gasteiger partial charge in [-0.05, 0) is 81.8 Å². The third kappa shape index (κ3) is 6.38. The Morgan fingerprint density at radius 1 is 1.27 bits per heavy atom. The molecule has 1 saturated carbocycles. The van der Waals surface area contributed by atoms with Crippen LogP contribution in [0.3, 0.4) is 0 Å². The largest absolute Gasteiger partial charge is 0.507 e. The molecule has 178 valence electrons. The number of halogens is 2. The fourth-order valence-corrected chi connectivity index (χ4v) is 3.91. The number of ether oxygens (including phenoxy) is 2. The van der Waals surface area contributed by atoms with Crippen molar-refractivity contribution in [2.75, 3.05) is 6.61 Å². The van der Waals surface area contributed by atoms with Gasteiger partial charge in [0.15, 0.2) is 0 Å². The van der Waals surface area contributed by atoms with Crippen LogP contribution in [0, 0.1) is 5.82 Å². The molecule has 0 unspecified atom stereocenters. The summed E-state index contributed by atoms with van der Waals surface area (Å²) in [4.78, 5) is 24.8. The van der Waals surface area contributed by atoms with Gasteiger partial charge in [-0.25, -0.2) is 9.18 Å². The first-order valence-corrected chi connectivity index (χ1v) is 11.3. The Hall–Kier alpha value is -2.80. The number of hydrogen-bond donors (Lipinski definition) is 2. The molecule has 0 heterocycles. The molecule has 0 saturated heterocycles. The van der Waals surface area contributed by atoms with Gasteiger partial charge in [-0.1, -0.05) is 17.7 Å². The first-order valence-electron chi connectivity index (χ1n) is 11.0. The van der Waals surface area contributed by atoms with E-state index in [1.165, 1.54) is 12.1 Å². The van der Waals surface area contributed by atoms with Crippen LogP contribution >= 0.6 is 11.6 Å². The molecule has 0 aromatic heterocycles. The topological polar surface area (TPSA) is 84.9 Å². The minimum Gasteiger partial charge on any atom is -0.507 e. The standard InChI is InChI=1S/C25H29ClFNO5/c1-5-32-21(30)13-19(28-24(31)33-25(2,3)4)17-12-15(11-16(23(17)27)14-9-10-14)22-18(26)7-6-8-20(22)29/h6-8,11-12,14,19,29H,5,9-10,13H2,1-4H3,(H,28,31)/t19-/m0/s1. The minimum atomic E-state index is -1.04. The number of amides is 1. The van der Waals surface area contributed by atoms with Crippen LogP contribution in [0.25, 0.3) is 11.1 Å². The van der Waals surface area contributed by atoms with Gasteiger partial charge in [-0.2, -0.15) is 0 Å². The molecule has 1 aliphatic carbocycles. The van der Waals surface area contributed by atoms with Gasteiger partial charge in [0, 0.05) is 11.1 Å². The maximum atomic E-state index is 15.7. The highest BCUT2D eigenvalue weighted by Crippen LogP contribution is 2.46. The highest BCUT2D eigenvalue weighted by atomic mass is 35.5. The predicted molar refractivity (Wildman–Crippen MR) is 124 cm³/mol. The van der Waals surface area contributed by atoms with E-state index < -0.39 is 29.5 Å². The number of aromatic hydroxyl groups is 1. The molecule has 2 aromatic carbocycles. The summed E-state index contributed by atoms with van der Waals surface area (Å²) in [5.74, 6) is -1.11. The minimum absolute atomic E-state index is 0.0260. The van der Waals surface area contributed by atoms with Gasteiger partial charge < -0.3 is 19.9 Å². The molecule has 0 aliphatic heterocycles. The Balaban J connectivity index is 2.10. The summed E-state index contributed by atoms with van der Waals surface area (Å²) in [6.07, 6.45) is 0.592. The SMILES string of the molecule is CCOC(=O)C[C@H](NC(=O)OC(C)(C)C)c1cc(-c2c(O)cccc2Cl)cc(C2CC2)c1F. The third-order valence-corrected chi connectivity index (χ3v) is 5.48. The van der Waals surface area contributed by atoms with Gasteiger partial charge in [-0.3, -0.25) is 4.79 Å². The molecule has 1 atom stereocenters. The smallest absolute Gasteiger partial charge is 0.408 e. The number of alkyl carbamates (subject to hydrolysis) is 1. The summed E-state index contributed by atoms with van der Waals surface area (Å²) < 4.78 is 26.1. The molecule has 8 heteroatoms. The number of carbonyl (C=O) groups excluding carboxylic acids is 2. The highest BCUT2D eigenvalue weighted by Gasteiger charge is 2.32. The lowest BCUT2D eigenvalue weighted by Crippen LogP contribution is -2.36. The monoisotopic (exact) mass is 477 g/mol. The van der Waals surface area contributed by atoms with Crippen molar-refractivity contribution in [1.29, 1.82) is 0 Å². The van der Waals surface area contributed by atoms with Crippen LogP contribution in [-0.4, -0.2) is 29.4 Å². The summed E-state index contributed by atoms with van der Waals surface area (Å²) in [5.41, 5.74) is 0.640. The van der Waals surface area contributed by atoms with Gasteiger partial charge in [0.1, 0.15) is 17.2 Å². The Morgan fingerprint density at radius 2 is 1.97 bits per heavy atom. The second kappa shape index (κ2) is 10.00. The summed E-state index contributed by atoms with van der Waals surface area (Å²) in [6, 6.07) is 6.87. The molecule has 0 bridgehead atoms. The van der Waals surface area contributed by atoms with Crippen molar-refractivity contribution in [3.63, 3.8) is 0 Å². The van der Waals surface area contributed by atoms with Crippen molar-refractivity contribution in [3.8, 4) is 16.9 Å². The van der Waals surface area contributed by atoms with Crippen LogP contribution in [0.5, 0.6) is 5.75 Å². The first kappa shape index (κ1) is 24.8. The number of esters is 1. The van der Waals surface area contributed by atoms with Gasteiger partial charge >= 0.3 is 12.1 Å². The molecule has 2 aromatic rings. The maximum absolute atomic E-state index is 15.7. The molecule has 0 spiro atoms. The highest BCUT2D eigenvalue weighted by molar-refractivity contribution is 6.33. The zero-order valence-electron chi connectivity index (χ0n) is 19.2. The summed E-state index contributed by atoms with van der Waals surface area (Å²) in [5, 5.41) is 13.4. The second-order valence-corrected chi connectivity index (χ2v) is 9.49. The van der Waals surface area contributed by atoms with Crippen molar-refractivity contribution in [1.82, 2.24) is 5.32 Å². The molecular formula is C25H29ClFNO5. The van der Waals surface area contributed by atoms with Crippen LogP contribution in [0.4, 0.5) is 9.18 Å². The molecule has 6 nitrogen and oxygen atoms in total. The average Bonchev–Trinajstić information content (AvgIpc) is 3.52. The van der Waals surface area contributed by atoms with Crippen LogP contribution in [0.2, 0.25) is 5.02 Å². The molecule has 0 radical (unpaired) electrons. The average molecular weight is 478 g/mol. The molecule has 1 aliphatic rings. The number of phenols is 1. The number of rotatable bonds is 7. The van der Waals surface area contributed by atoms with Crippen LogP contribution in [0.1, 0.15) is 70.0 Å². The number of carbonyl (C=O) groups is 2. The van der Waals surface area contributed by atoms with Crippen LogP contribution < -0.4 is 5.32 Å². The van der Waals surface area contributed by atoms with Crippen molar-refractivity contribution in [2.45, 2.75) is 64.5 Å². The van der Waals surface area contributed by atoms with Crippen molar-refractivity contribution >= 4 is 23.7 Å². The van der Waals surface area contributed by atoms with Gasteiger partial charge in [-0.15, -0.1) is 0 Å². The molecule has 33 heavy (non-hydrogen) atoms. The molecule has 3 rings (SSSR count). The Labute approximate surface area is 198 Å². The fourth-order valence-electron chi connectivity index (χ4n) is 3.63. The maximum Gasteiger partial charge on any atom is 0.408 e. The van der Waals surface area contributed by atoms with E-state index in [-0.39, 0.29) is 30.3 Å². The normalized spacial score (nSPS) is 14.5. The molecule has 2 N–H and O–H groups in total. The van der Waals surface area contributed by atoms with Crippen molar-refractivity contribution < 1.29 is 28.6 Å². The lowest BCUT2D eigenvalue weighted by molar-refractivity contribution is -0.143. The first-order chi connectivity index (χ1) is 15.5. The molecule has 1 amide bonds. The van der Waals surface area contributed by atoms with E-state index in [4.69, 9.17) is 21.1 Å². The number of nitrogens with one attached hydrogen (secondary N) is 1. The summed E-state index contributed by atoms with van der Waals surface area (Å²) >= 11 is 6.35. The lowest BCUT2D eigenvalue weighted by Gasteiger charge is -2.25. The Kier molecular flexibility index (Phi) is 7.52. The van der Waals surface area contributed by atoms with Crippen LogP contribution in [0.15, 0.2) is 30.3 Å². The molecule has 1 fully saturated rings. The van der Waals surface area contributed by atoms with Gasteiger partial charge in [0.2, 0.25) is 0 Å². The Bertz CT molecular complexity index is 1030. The van der Waals surface area contributed by atoms with E-state index in [9.17, 15) is 14.7 Å². The predicted octanol–water partition coefficient (Wildman–Crippen LogP) is 6.25. The zero-order valence-corrected chi connectivity index (χ0v) is 20.0. The number of phenolic OH excluding ortho intramolecular Hbond substituents is 1. The van der Waals surface area contributed by atoms with Gasteiger partial charge in [0.05, 0.1) is 24.1 Å². The number of hydrogen-bond acceptors (Lipinski definition) is 5. The van der Waals surface area contributed by atoms with Gasteiger partial charge in [0.25, 0.3) is 0 Å². The van der Waals surface area contributed by atoms with Crippen molar-refractivity contribution in [3.05, 3.63) is 52.3 Å². The zero-order chi connectivity index (χ0) is 24.3. The Morgan fingerprint density at radius 3 is 2.55 bits per heavy atom. The van der Waals surface area contributed by atoms with E-state index in [0.29, 0.717) is 21.7 Å². The summed E-state index contributed by atoms with van der Waals surface area (Å²) in [6.45, 7) is 6.95. The fraction of sp³-hybridized carbons (Fsp3) is 0.440.